The van der Waals surface area contributed by atoms with Gasteiger partial charge in [-0.05, 0) is 33.7 Å². The summed E-state index contributed by atoms with van der Waals surface area (Å²) in [5.41, 5.74) is -0.942. The quantitative estimate of drug-likeness (QED) is 0.620. The second-order valence-corrected chi connectivity index (χ2v) is 5.51. The zero-order valence-electron chi connectivity index (χ0n) is 11.3. The molecule has 0 aliphatic heterocycles. The molecule has 6 heteroatoms. The van der Waals surface area contributed by atoms with Crippen LogP contribution in [-0.2, 0) is 4.79 Å². The molecule has 1 aliphatic rings. The van der Waals surface area contributed by atoms with Gasteiger partial charge in [0.05, 0.1) is 5.41 Å². The highest BCUT2D eigenvalue weighted by Crippen LogP contribution is 2.24. The van der Waals surface area contributed by atoms with E-state index in [1.807, 2.05) is 7.05 Å². The molecule has 0 aromatic rings. The van der Waals surface area contributed by atoms with Crippen molar-refractivity contribution in [3.05, 3.63) is 0 Å². The molecule has 3 N–H and O–H groups in total. The lowest BCUT2D eigenvalue weighted by Crippen LogP contribution is -2.45. The van der Waals surface area contributed by atoms with Gasteiger partial charge in [0.1, 0.15) is 0 Å². The minimum Gasteiger partial charge on any atom is -0.481 e. The lowest BCUT2D eigenvalue weighted by atomic mass is 9.94. The number of amides is 2. The Morgan fingerprint density at radius 1 is 1.33 bits per heavy atom. The summed E-state index contributed by atoms with van der Waals surface area (Å²) in [7, 11) is 2.05. The average molecular weight is 257 g/mol. The fourth-order valence-electron chi connectivity index (χ4n) is 1.48. The second kappa shape index (κ2) is 6.04. The molecule has 0 unspecified atom stereocenters. The molecule has 0 saturated heterocycles. The molecule has 0 aromatic carbocycles. The Balaban J connectivity index is 2.11. The average Bonchev–Trinajstić information content (AvgIpc) is 3.10. The lowest BCUT2D eigenvalue weighted by Gasteiger charge is -2.20. The van der Waals surface area contributed by atoms with Gasteiger partial charge in [0, 0.05) is 25.7 Å². The maximum Gasteiger partial charge on any atom is 0.314 e. The van der Waals surface area contributed by atoms with Crippen LogP contribution in [0, 0.1) is 5.41 Å². The summed E-state index contributed by atoms with van der Waals surface area (Å²) in [6.07, 6.45) is 2.49. The predicted molar refractivity (Wildman–Crippen MR) is 68.5 cm³/mol. The second-order valence-electron chi connectivity index (χ2n) is 5.51. The first-order valence-corrected chi connectivity index (χ1v) is 6.28. The monoisotopic (exact) mass is 257 g/mol. The molecule has 0 heterocycles. The Hall–Kier alpha value is -1.30. The summed E-state index contributed by atoms with van der Waals surface area (Å²) in [6.45, 7) is 4.67. The van der Waals surface area contributed by atoms with Crippen LogP contribution < -0.4 is 10.6 Å². The van der Waals surface area contributed by atoms with Gasteiger partial charge in [-0.3, -0.25) is 4.79 Å². The smallest absolute Gasteiger partial charge is 0.314 e. The van der Waals surface area contributed by atoms with E-state index in [4.69, 9.17) is 5.11 Å². The molecular formula is C12H23N3O3. The molecule has 1 fully saturated rings. The fraction of sp³-hybridized carbons (Fsp3) is 0.833. The molecule has 6 nitrogen and oxygen atoms in total. The molecule has 0 bridgehead atoms. The summed E-state index contributed by atoms with van der Waals surface area (Å²) in [6, 6.07) is 0.370. The number of rotatable bonds is 7. The Morgan fingerprint density at radius 2 is 1.94 bits per heavy atom. The van der Waals surface area contributed by atoms with Gasteiger partial charge in [-0.15, -0.1) is 0 Å². The van der Waals surface area contributed by atoms with Gasteiger partial charge in [-0.2, -0.15) is 0 Å². The summed E-state index contributed by atoms with van der Waals surface area (Å²) < 4.78 is 0. The SMILES string of the molecule is CN(CCNC(=O)NCC(C)(C)C(=O)O)C1CC1. The van der Waals surface area contributed by atoms with Crippen molar-refractivity contribution in [3.63, 3.8) is 0 Å². The summed E-state index contributed by atoms with van der Waals surface area (Å²) in [4.78, 5) is 24.5. The van der Waals surface area contributed by atoms with Crippen molar-refractivity contribution < 1.29 is 14.7 Å². The Labute approximate surface area is 108 Å². The molecule has 104 valence electrons. The number of carbonyl (C=O) groups is 2. The maximum absolute atomic E-state index is 11.4. The van der Waals surface area contributed by atoms with Gasteiger partial charge < -0.3 is 20.6 Å². The fourth-order valence-corrected chi connectivity index (χ4v) is 1.48. The zero-order chi connectivity index (χ0) is 13.8. The van der Waals surface area contributed by atoms with Crippen molar-refractivity contribution in [1.82, 2.24) is 15.5 Å². The summed E-state index contributed by atoms with van der Waals surface area (Å²) in [5, 5.41) is 14.2. The molecule has 0 radical (unpaired) electrons. The number of urea groups is 1. The van der Waals surface area contributed by atoms with E-state index in [9.17, 15) is 9.59 Å². The number of nitrogens with one attached hydrogen (secondary N) is 2. The highest BCUT2D eigenvalue weighted by Gasteiger charge is 2.28. The summed E-state index contributed by atoms with van der Waals surface area (Å²) >= 11 is 0. The first kappa shape index (κ1) is 14.8. The lowest BCUT2D eigenvalue weighted by molar-refractivity contribution is -0.146. The Bertz CT molecular complexity index is 314. The Morgan fingerprint density at radius 3 is 2.44 bits per heavy atom. The molecule has 18 heavy (non-hydrogen) atoms. The van der Waals surface area contributed by atoms with Crippen molar-refractivity contribution in [2.45, 2.75) is 32.7 Å². The van der Waals surface area contributed by atoms with Crippen molar-refractivity contribution >= 4 is 12.0 Å². The third-order valence-corrected chi connectivity index (χ3v) is 3.19. The van der Waals surface area contributed by atoms with Crippen LogP contribution in [0.1, 0.15) is 26.7 Å². The van der Waals surface area contributed by atoms with Gasteiger partial charge in [0.25, 0.3) is 0 Å². The largest absolute Gasteiger partial charge is 0.481 e. The van der Waals surface area contributed by atoms with Gasteiger partial charge >= 0.3 is 12.0 Å². The molecule has 0 aromatic heterocycles. The number of nitrogens with zero attached hydrogens (tertiary/aromatic N) is 1. The Kier molecular flexibility index (Phi) is 4.95. The number of likely N-dealkylation sites (N-methyl/N-ethyl adjacent to an activating group) is 1. The van der Waals surface area contributed by atoms with Crippen molar-refractivity contribution in [3.8, 4) is 0 Å². The van der Waals surface area contributed by atoms with Gasteiger partial charge in [-0.1, -0.05) is 0 Å². The maximum atomic E-state index is 11.4. The standard InChI is InChI=1S/C12H23N3O3/c1-12(2,10(16)17)8-14-11(18)13-6-7-15(3)9-4-5-9/h9H,4-8H2,1-3H3,(H,16,17)(H2,13,14,18). The van der Waals surface area contributed by atoms with Crippen molar-refractivity contribution in [2.75, 3.05) is 26.7 Å². The van der Waals surface area contributed by atoms with E-state index < -0.39 is 11.4 Å². The van der Waals surface area contributed by atoms with E-state index in [-0.39, 0.29) is 12.6 Å². The van der Waals surface area contributed by atoms with E-state index in [0.29, 0.717) is 12.6 Å². The van der Waals surface area contributed by atoms with Crippen LogP contribution in [-0.4, -0.2) is 54.7 Å². The third kappa shape index (κ3) is 4.91. The van der Waals surface area contributed by atoms with Crippen molar-refractivity contribution in [1.29, 1.82) is 0 Å². The highest BCUT2D eigenvalue weighted by molar-refractivity contribution is 5.77. The highest BCUT2D eigenvalue weighted by atomic mass is 16.4. The first-order chi connectivity index (χ1) is 8.33. The normalized spacial score (nSPS) is 15.6. The van der Waals surface area contributed by atoms with E-state index in [0.717, 1.165) is 6.54 Å². The van der Waals surface area contributed by atoms with E-state index in [1.54, 1.807) is 13.8 Å². The molecule has 1 rings (SSSR count). The molecule has 1 saturated carbocycles. The van der Waals surface area contributed by atoms with Crippen molar-refractivity contribution in [2.24, 2.45) is 5.41 Å². The van der Waals surface area contributed by atoms with Crippen LogP contribution in [0.5, 0.6) is 0 Å². The number of carbonyl (C=O) groups excluding carboxylic acids is 1. The first-order valence-electron chi connectivity index (χ1n) is 6.28. The predicted octanol–water partition coefficient (Wildman–Crippen LogP) is 0.491. The van der Waals surface area contributed by atoms with E-state index >= 15 is 0 Å². The number of carboxylic acid groups (broad SMARTS) is 1. The molecule has 1 aliphatic carbocycles. The zero-order valence-corrected chi connectivity index (χ0v) is 11.3. The van der Waals surface area contributed by atoms with Crippen LogP contribution in [0.15, 0.2) is 0 Å². The van der Waals surface area contributed by atoms with Crippen LogP contribution in [0.4, 0.5) is 4.79 Å². The van der Waals surface area contributed by atoms with E-state index in [2.05, 4.69) is 15.5 Å². The molecule has 0 spiro atoms. The van der Waals surface area contributed by atoms with Crippen LogP contribution in [0.25, 0.3) is 0 Å². The number of hydrogen-bond donors (Lipinski definition) is 3. The van der Waals surface area contributed by atoms with Gasteiger partial charge in [-0.25, -0.2) is 4.79 Å². The summed E-state index contributed by atoms with van der Waals surface area (Å²) in [5.74, 6) is -0.920. The molecule has 0 atom stereocenters. The number of carboxylic acids is 1. The van der Waals surface area contributed by atoms with Crippen LogP contribution in [0.3, 0.4) is 0 Å². The number of hydrogen-bond acceptors (Lipinski definition) is 3. The van der Waals surface area contributed by atoms with Gasteiger partial charge in [0.2, 0.25) is 0 Å². The third-order valence-electron chi connectivity index (χ3n) is 3.19. The van der Waals surface area contributed by atoms with Gasteiger partial charge in [0.15, 0.2) is 0 Å². The minimum absolute atomic E-state index is 0.118. The molecular weight excluding hydrogens is 234 g/mol. The van der Waals surface area contributed by atoms with Crippen LogP contribution in [0.2, 0.25) is 0 Å². The minimum atomic E-state index is -0.942. The van der Waals surface area contributed by atoms with Crippen LogP contribution >= 0.6 is 0 Å². The number of aliphatic carboxylic acids is 1. The topological polar surface area (TPSA) is 81.7 Å². The molecule has 2 amide bonds. The van der Waals surface area contributed by atoms with E-state index in [1.165, 1.54) is 12.8 Å².